The van der Waals surface area contributed by atoms with Crippen molar-refractivity contribution in [3.05, 3.63) is 18.1 Å². The number of hydrogen-bond donors (Lipinski definition) is 1. The van der Waals surface area contributed by atoms with E-state index in [1.54, 1.807) is 6.33 Å². The molecule has 114 valence electrons. The van der Waals surface area contributed by atoms with Gasteiger partial charge in [-0.1, -0.05) is 0 Å². The first-order valence-corrected chi connectivity index (χ1v) is 8.29. The van der Waals surface area contributed by atoms with Crippen LogP contribution in [0.1, 0.15) is 43.7 Å². The average Bonchev–Trinajstić information content (AvgIpc) is 3.29. The van der Waals surface area contributed by atoms with Gasteiger partial charge in [0.2, 0.25) is 0 Å². The maximum atomic E-state index is 5.46. The van der Waals surface area contributed by atoms with Gasteiger partial charge in [-0.3, -0.25) is 4.90 Å². The lowest BCUT2D eigenvalue weighted by atomic mass is 10.1. The molecule has 21 heavy (non-hydrogen) atoms. The van der Waals surface area contributed by atoms with Crippen LogP contribution in [0.25, 0.3) is 0 Å². The lowest BCUT2D eigenvalue weighted by Gasteiger charge is -2.31. The third-order valence-corrected chi connectivity index (χ3v) is 4.96. The van der Waals surface area contributed by atoms with Crippen LogP contribution in [0.5, 0.6) is 0 Å². The van der Waals surface area contributed by atoms with Crippen LogP contribution in [-0.2, 0) is 4.74 Å². The van der Waals surface area contributed by atoms with E-state index in [0.717, 1.165) is 31.6 Å². The first-order chi connectivity index (χ1) is 10.4. The molecule has 1 N–H and O–H groups in total. The van der Waals surface area contributed by atoms with E-state index >= 15 is 0 Å². The Balaban J connectivity index is 1.34. The van der Waals surface area contributed by atoms with E-state index in [9.17, 15) is 0 Å². The van der Waals surface area contributed by atoms with Crippen molar-refractivity contribution in [1.29, 1.82) is 0 Å². The predicted molar refractivity (Wildman–Crippen MR) is 81.4 cm³/mol. The highest BCUT2D eigenvalue weighted by atomic mass is 16.5. The summed E-state index contributed by atoms with van der Waals surface area (Å²) in [4.78, 5) is 11.4. The summed E-state index contributed by atoms with van der Waals surface area (Å²) in [7, 11) is 0. The van der Waals surface area contributed by atoms with E-state index in [2.05, 4.69) is 26.3 Å². The molecule has 0 spiro atoms. The van der Waals surface area contributed by atoms with Gasteiger partial charge in [-0.25, -0.2) is 9.97 Å². The number of hydrogen-bond acceptors (Lipinski definition) is 5. The Morgan fingerprint density at radius 3 is 2.76 bits per heavy atom. The summed E-state index contributed by atoms with van der Waals surface area (Å²) in [6, 6.07) is 3.39. The Bertz CT molecular complexity index is 485. The van der Waals surface area contributed by atoms with Crippen molar-refractivity contribution in [3.8, 4) is 0 Å². The molecule has 1 atom stereocenters. The Hall–Kier alpha value is -1.20. The van der Waals surface area contributed by atoms with Crippen LogP contribution < -0.4 is 5.32 Å². The normalized spacial score (nSPS) is 27.9. The molecule has 0 bridgehead atoms. The quantitative estimate of drug-likeness (QED) is 0.918. The van der Waals surface area contributed by atoms with Crippen molar-refractivity contribution in [3.63, 3.8) is 0 Å². The molecule has 1 aliphatic carbocycles. The molecule has 0 amide bonds. The van der Waals surface area contributed by atoms with Crippen LogP contribution in [-0.4, -0.2) is 53.3 Å². The van der Waals surface area contributed by atoms with Crippen molar-refractivity contribution < 1.29 is 4.74 Å². The van der Waals surface area contributed by atoms with Gasteiger partial charge in [-0.15, -0.1) is 0 Å². The molecule has 1 unspecified atom stereocenters. The second-order valence-electron chi connectivity index (χ2n) is 6.57. The van der Waals surface area contributed by atoms with E-state index in [1.807, 2.05) is 0 Å². The fourth-order valence-electron chi connectivity index (χ4n) is 3.55. The second-order valence-corrected chi connectivity index (χ2v) is 6.57. The van der Waals surface area contributed by atoms with Gasteiger partial charge >= 0.3 is 0 Å². The van der Waals surface area contributed by atoms with Crippen LogP contribution in [0.4, 0.5) is 5.82 Å². The minimum Gasteiger partial charge on any atom is -0.381 e. The molecule has 3 fully saturated rings. The lowest BCUT2D eigenvalue weighted by Crippen LogP contribution is -2.39. The van der Waals surface area contributed by atoms with Gasteiger partial charge < -0.3 is 10.1 Å². The Morgan fingerprint density at radius 2 is 1.95 bits per heavy atom. The van der Waals surface area contributed by atoms with Gasteiger partial charge in [-0.05, 0) is 32.1 Å². The molecular weight excluding hydrogens is 264 g/mol. The van der Waals surface area contributed by atoms with Crippen molar-refractivity contribution in [1.82, 2.24) is 14.9 Å². The molecule has 5 heteroatoms. The molecule has 2 saturated heterocycles. The number of nitrogens with zero attached hydrogens (tertiary/aromatic N) is 3. The lowest BCUT2D eigenvalue weighted by molar-refractivity contribution is 0.0421. The monoisotopic (exact) mass is 288 g/mol. The number of likely N-dealkylation sites (tertiary alicyclic amines) is 1. The maximum absolute atomic E-state index is 5.46. The molecule has 0 aromatic carbocycles. The zero-order valence-corrected chi connectivity index (χ0v) is 12.5. The summed E-state index contributed by atoms with van der Waals surface area (Å²) >= 11 is 0. The minimum absolute atomic E-state index is 0.523. The predicted octanol–water partition coefficient (Wildman–Crippen LogP) is 2.02. The highest BCUT2D eigenvalue weighted by Gasteiger charge is 2.30. The van der Waals surface area contributed by atoms with E-state index in [1.165, 1.54) is 44.3 Å². The van der Waals surface area contributed by atoms with Crippen molar-refractivity contribution >= 4 is 5.82 Å². The molecule has 2 aliphatic heterocycles. The van der Waals surface area contributed by atoms with E-state index in [4.69, 9.17) is 4.74 Å². The van der Waals surface area contributed by atoms with E-state index in [0.29, 0.717) is 12.0 Å². The summed E-state index contributed by atoms with van der Waals surface area (Å²) < 4.78 is 5.46. The topological polar surface area (TPSA) is 50.3 Å². The van der Waals surface area contributed by atoms with Crippen LogP contribution >= 0.6 is 0 Å². The molecule has 3 aliphatic rings. The Morgan fingerprint density at radius 1 is 1.10 bits per heavy atom. The number of aromatic nitrogens is 2. The smallest absolute Gasteiger partial charge is 0.129 e. The summed E-state index contributed by atoms with van der Waals surface area (Å²) in [6.45, 7) is 4.18. The van der Waals surface area contributed by atoms with Crippen LogP contribution in [0.15, 0.2) is 12.4 Å². The Labute approximate surface area is 126 Å². The summed E-state index contributed by atoms with van der Waals surface area (Å²) in [5.74, 6) is 1.70. The first-order valence-electron chi connectivity index (χ1n) is 8.29. The van der Waals surface area contributed by atoms with Gasteiger partial charge in [0.15, 0.2) is 0 Å². The molecular formula is C16H24N4O. The van der Waals surface area contributed by atoms with Gasteiger partial charge in [0.05, 0.1) is 0 Å². The van der Waals surface area contributed by atoms with Gasteiger partial charge in [-0.2, -0.15) is 0 Å². The maximum Gasteiger partial charge on any atom is 0.129 e. The third-order valence-electron chi connectivity index (χ3n) is 4.96. The van der Waals surface area contributed by atoms with Gasteiger partial charge in [0.1, 0.15) is 12.1 Å². The fraction of sp³-hybridized carbons (Fsp3) is 0.750. The minimum atomic E-state index is 0.523. The highest BCUT2D eigenvalue weighted by molar-refractivity contribution is 5.38. The van der Waals surface area contributed by atoms with Crippen molar-refractivity contribution in [2.75, 3.05) is 31.6 Å². The summed E-state index contributed by atoms with van der Waals surface area (Å²) in [5, 5.41) is 3.61. The molecule has 3 heterocycles. The number of ether oxygens (including phenoxy) is 1. The van der Waals surface area contributed by atoms with Crippen molar-refractivity contribution in [2.45, 2.75) is 50.1 Å². The van der Waals surface area contributed by atoms with Crippen molar-refractivity contribution in [2.24, 2.45) is 0 Å². The largest absolute Gasteiger partial charge is 0.381 e. The third kappa shape index (κ3) is 3.19. The summed E-state index contributed by atoms with van der Waals surface area (Å²) in [6.07, 6.45) is 7.87. The molecule has 0 radical (unpaired) electrons. The van der Waals surface area contributed by atoms with Crippen LogP contribution in [0.3, 0.4) is 0 Å². The molecule has 1 saturated carbocycles. The van der Waals surface area contributed by atoms with E-state index in [-0.39, 0.29) is 0 Å². The molecule has 5 nitrogen and oxygen atoms in total. The Kier molecular flexibility index (Phi) is 3.78. The van der Waals surface area contributed by atoms with Crippen LogP contribution in [0.2, 0.25) is 0 Å². The molecule has 1 aromatic rings. The average molecular weight is 288 g/mol. The van der Waals surface area contributed by atoms with E-state index < -0.39 is 0 Å². The summed E-state index contributed by atoms with van der Waals surface area (Å²) in [5.41, 5.74) is 1.21. The number of anilines is 1. The number of rotatable bonds is 4. The highest BCUT2D eigenvalue weighted by Crippen LogP contribution is 2.39. The zero-order valence-electron chi connectivity index (χ0n) is 12.5. The first kappa shape index (κ1) is 13.5. The standard InChI is InChI=1S/C16H24N4O/c1-2-12(1)15-9-16(18-11-17-15)19-13-3-6-20(10-13)14-4-7-21-8-5-14/h9,11-14H,1-8,10H2,(H,17,18,19). The molecule has 4 rings (SSSR count). The fourth-order valence-corrected chi connectivity index (χ4v) is 3.55. The van der Waals surface area contributed by atoms with Gasteiger partial charge in [0, 0.05) is 56.1 Å². The SMILES string of the molecule is c1nc(NC2CCN(C3CCOCC3)C2)cc(C2CC2)n1. The second kappa shape index (κ2) is 5.89. The van der Waals surface area contributed by atoms with Gasteiger partial charge in [0.25, 0.3) is 0 Å². The van der Waals surface area contributed by atoms with Crippen LogP contribution in [0, 0.1) is 0 Å². The molecule has 1 aromatic heterocycles. The number of nitrogens with one attached hydrogen (secondary N) is 1. The zero-order chi connectivity index (χ0) is 14.1.